The molecule has 1 N–H and O–H groups in total. The summed E-state index contributed by atoms with van der Waals surface area (Å²) in [5.74, 6) is 0.580. The minimum absolute atomic E-state index is 0.277. The first kappa shape index (κ1) is 18.0. The molecular weight excluding hydrogens is 371 g/mol. The highest BCUT2D eigenvalue weighted by Crippen LogP contribution is 2.49. The number of hydrogen-bond donors (Lipinski definition) is 1. The van der Waals surface area contributed by atoms with Crippen molar-refractivity contribution in [3.63, 3.8) is 0 Å². The number of hydrogen-bond acceptors (Lipinski definition) is 5. The number of ether oxygens (including phenoxy) is 1. The molecule has 0 fully saturated rings. The molecule has 124 valence electrons. The standard InChI is InChI=1S/C15H22BrO5P/c1-5-19-22(18,20-6-2)10-7-8-12-11(9-10)13(17)14(16)15(3,4)21-12/h7-9,13-14,17H,5-6H2,1-4H3/t13-,14+/m0/s1. The van der Waals surface area contributed by atoms with Crippen LogP contribution >= 0.6 is 23.5 Å². The van der Waals surface area contributed by atoms with Crippen LogP contribution in [0.5, 0.6) is 5.75 Å². The lowest BCUT2D eigenvalue weighted by Gasteiger charge is -2.40. The SMILES string of the molecule is CCOP(=O)(OCC)c1ccc2c(c1)[C@H](O)[C@@H](Br)C(C)(C)O2. The van der Waals surface area contributed by atoms with Crippen molar-refractivity contribution < 1.29 is 23.5 Å². The number of fused-ring (bicyclic) bond motifs is 1. The lowest BCUT2D eigenvalue weighted by atomic mass is 9.91. The van der Waals surface area contributed by atoms with Crippen LogP contribution in [0.2, 0.25) is 0 Å². The third kappa shape index (κ3) is 3.26. The predicted octanol–water partition coefficient (Wildman–Crippen LogP) is 3.55. The monoisotopic (exact) mass is 392 g/mol. The second-order valence-electron chi connectivity index (χ2n) is 5.61. The molecule has 0 unspecified atom stereocenters. The zero-order valence-corrected chi connectivity index (χ0v) is 15.7. The van der Waals surface area contributed by atoms with Crippen LogP contribution in [0.4, 0.5) is 0 Å². The number of halogens is 1. The van der Waals surface area contributed by atoms with E-state index < -0.39 is 19.3 Å². The second-order valence-corrected chi connectivity index (χ2v) is 8.62. The molecule has 22 heavy (non-hydrogen) atoms. The van der Waals surface area contributed by atoms with Gasteiger partial charge >= 0.3 is 7.60 Å². The van der Waals surface area contributed by atoms with E-state index in [-0.39, 0.29) is 18.0 Å². The predicted molar refractivity (Wildman–Crippen MR) is 89.3 cm³/mol. The molecule has 0 amide bonds. The van der Waals surface area contributed by atoms with Crippen molar-refractivity contribution in [2.24, 2.45) is 0 Å². The Bertz CT molecular complexity index is 579. The number of aliphatic hydroxyl groups is 1. The summed E-state index contributed by atoms with van der Waals surface area (Å²) in [5.41, 5.74) is 0.0376. The summed E-state index contributed by atoms with van der Waals surface area (Å²) >= 11 is 3.47. The molecule has 0 aromatic heterocycles. The van der Waals surface area contributed by atoms with Gasteiger partial charge in [-0.15, -0.1) is 0 Å². The molecule has 2 rings (SSSR count). The Labute approximate surface area is 139 Å². The molecule has 0 saturated heterocycles. The van der Waals surface area contributed by atoms with Crippen molar-refractivity contribution in [1.29, 1.82) is 0 Å². The van der Waals surface area contributed by atoms with Gasteiger partial charge < -0.3 is 18.9 Å². The molecule has 2 atom stereocenters. The van der Waals surface area contributed by atoms with Crippen molar-refractivity contribution in [1.82, 2.24) is 0 Å². The normalized spacial score (nSPS) is 23.7. The summed E-state index contributed by atoms with van der Waals surface area (Å²) in [6.07, 6.45) is -0.768. The molecule has 1 heterocycles. The third-order valence-corrected chi connectivity index (χ3v) is 7.25. The summed E-state index contributed by atoms with van der Waals surface area (Å²) in [6, 6.07) is 5.02. The maximum absolute atomic E-state index is 12.8. The Balaban J connectivity index is 2.46. The van der Waals surface area contributed by atoms with Gasteiger partial charge in [0.15, 0.2) is 0 Å². The van der Waals surface area contributed by atoms with E-state index in [1.807, 2.05) is 13.8 Å². The maximum Gasteiger partial charge on any atom is 0.361 e. The van der Waals surface area contributed by atoms with Gasteiger partial charge in [0.2, 0.25) is 0 Å². The summed E-state index contributed by atoms with van der Waals surface area (Å²) in [6.45, 7) is 7.89. The van der Waals surface area contributed by atoms with Gasteiger partial charge in [-0.2, -0.15) is 0 Å². The maximum atomic E-state index is 12.8. The largest absolute Gasteiger partial charge is 0.486 e. The van der Waals surface area contributed by atoms with Gasteiger partial charge in [-0.05, 0) is 45.9 Å². The van der Waals surface area contributed by atoms with Gasteiger partial charge in [0.05, 0.1) is 29.4 Å². The lowest BCUT2D eigenvalue weighted by Crippen LogP contribution is -2.45. The first-order chi connectivity index (χ1) is 10.2. The van der Waals surface area contributed by atoms with E-state index in [4.69, 9.17) is 13.8 Å². The van der Waals surface area contributed by atoms with E-state index in [1.54, 1.807) is 32.0 Å². The molecule has 1 aromatic carbocycles. The fourth-order valence-corrected chi connectivity index (χ4v) is 4.42. The molecule has 0 radical (unpaired) electrons. The molecule has 0 saturated carbocycles. The van der Waals surface area contributed by atoms with Crippen LogP contribution in [-0.4, -0.2) is 28.7 Å². The van der Waals surface area contributed by atoms with Crippen molar-refractivity contribution in [3.05, 3.63) is 23.8 Å². The fourth-order valence-electron chi connectivity index (χ4n) is 2.43. The fraction of sp³-hybridized carbons (Fsp3) is 0.600. The van der Waals surface area contributed by atoms with E-state index >= 15 is 0 Å². The Morgan fingerprint density at radius 2 is 1.91 bits per heavy atom. The Morgan fingerprint density at radius 1 is 1.32 bits per heavy atom. The highest BCUT2D eigenvalue weighted by Gasteiger charge is 2.42. The molecule has 1 aromatic rings. The van der Waals surface area contributed by atoms with E-state index in [9.17, 15) is 9.67 Å². The van der Waals surface area contributed by atoms with E-state index in [0.29, 0.717) is 16.6 Å². The average molecular weight is 393 g/mol. The minimum Gasteiger partial charge on any atom is -0.486 e. The number of alkyl halides is 1. The number of rotatable bonds is 5. The van der Waals surface area contributed by atoms with Gasteiger partial charge in [-0.1, -0.05) is 15.9 Å². The van der Waals surface area contributed by atoms with Gasteiger partial charge in [0, 0.05) is 5.56 Å². The molecule has 1 aliphatic heterocycles. The van der Waals surface area contributed by atoms with Gasteiger partial charge in [0.1, 0.15) is 11.4 Å². The molecule has 5 nitrogen and oxygen atoms in total. The summed E-state index contributed by atoms with van der Waals surface area (Å²) in [4.78, 5) is -0.277. The molecule has 0 aliphatic carbocycles. The number of aliphatic hydroxyl groups excluding tert-OH is 1. The van der Waals surface area contributed by atoms with Crippen LogP contribution in [0.15, 0.2) is 18.2 Å². The number of benzene rings is 1. The van der Waals surface area contributed by atoms with Crippen molar-refractivity contribution in [2.75, 3.05) is 13.2 Å². The third-order valence-electron chi connectivity index (χ3n) is 3.54. The Hall–Kier alpha value is -0.390. The van der Waals surface area contributed by atoms with Crippen LogP contribution in [0.3, 0.4) is 0 Å². The zero-order valence-electron chi connectivity index (χ0n) is 13.2. The smallest absolute Gasteiger partial charge is 0.361 e. The van der Waals surface area contributed by atoms with Crippen LogP contribution in [-0.2, 0) is 13.6 Å². The highest BCUT2D eigenvalue weighted by molar-refractivity contribution is 9.09. The topological polar surface area (TPSA) is 65.0 Å². The van der Waals surface area contributed by atoms with Gasteiger partial charge in [0.25, 0.3) is 0 Å². The average Bonchev–Trinajstić information content (AvgIpc) is 2.45. The molecule has 0 spiro atoms. The van der Waals surface area contributed by atoms with Crippen LogP contribution < -0.4 is 10.0 Å². The summed E-state index contributed by atoms with van der Waals surface area (Å²) in [5, 5.41) is 10.9. The quantitative estimate of drug-likeness (QED) is 0.613. The van der Waals surface area contributed by atoms with Gasteiger partial charge in [-0.25, -0.2) is 0 Å². The zero-order chi connectivity index (χ0) is 16.5. The van der Waals surface area contributed by atoms with Crippen LogP contribution in [0, 0.1) is 0 Å². The summed E-state index contributed by atoms with van der Waals surface area (Å²) in [7, 11) is -3.38. The van der Waals surface area contributed by atoms with E-state index in [1.165, 1.54) is 0 Å². The molecular formula is C15H22BrO5P. The molecule has 7 heteroatoms. The van der Waals surface area contributed by atoms with Crippen LogP contribution in [0.1, 0.15) is 39.4 Å². The van der Waals surface area contributed by atoms with Crippen LogP contribution in [0.25, 0.3) is 0 Å². The lowest BCUT2D eigenvalue weighted by molar-refractivity contribution is 0.0226. The summed E-state index contributed by atoms with van der Waals surface area (Å²) < 4.78 is 29.4. The Morgan fingerprint density at radius 3 is 2.45 bits per heavy atom. The highest BCUT2D eigenvalue weighted by atomic mass is 79.9. The van der Waals surface area contributed by atoms with Crippen molar-refractivity contribution in [2.45, 2.75) is 44.2 Å². The second kappa shape index (κ2) is 6.62. The molecule has 1 aliphatic rings. The van der Waals surface area contributed by atoms with Gasteiger partial charge in [-0.3, -0.25) is 4.57 Å². The van der Waals surface area contributed by atoms with E-state index in [0.717, 1.165) is 0 Å². The van der Waals surface area contributed by atoms with Crippen molar-refractivity contribution in [3.8, 4) is 5.75 Å². The minimum atomic E-state index is -3.38. The Kier molecular flexibility index (Phi) is 5.40. The van der Waals surface area contributed by atoms with Crippen molar-refractivity contribution >= 4 is 28.8 Å². The first-order valence-corrected chi connectivity index (χ1v) is 9.75. The molecule has 0 bridgehead atoms. The van der Waals surface area contributed by atoms with E-state index in [2.05, 4.69) is 15.9 Å². The first-order valence-electron chi connectivity index (χ1n) is 7.30.